The highest BCUT2D eigenvalue weighted by atomic mass is 35.5. The zero-order valence-electron chi connectivity index (χ0n) is 23.0. The number of halogens is 1. The normalized spacial score (nSPS) is 12.2. The van der Waals surface area contributed by atoms with Crippen LogP contribution >= 0.6 is 11.6 Å². The van der Waals surface area contributed by atoms with Crippen molar-refractivity contribution in [2.75, 3.05) is 10.8 Å². The van der Waals surface area contributed by atoms with Crippen molar-refractivity contribution in [1.29, 1.82) is 0 Å². The minimum atomic E-state index is -4.17. The lowest BCUT2D eigenvalue weighted by atomic mass is 10.1. The molecule has 0 heterocycles. The van der Waals surface area contributed by atoms with Gasteiger partial charge in [0.1, 0.15) is 12.6 Å². The van der Waals surface area contributed by atoms with Crippen molar-refractivity contribution in [3.05, 3.63) is 94.5 Å². The summed E-state index contributed by atoms with van der Waals surface area (Å²) in [7, 11) is -4.17. The van der Waals surface area contributed by atoms with E-state index in [9.17, 15) is 18.0 Å². The van der Waals surface area contributed by atoms with Gasteiger partial charge < -0.3 is 10.2 Å². The van der Waals surface area contributed by atoms with Crippen molar-refractivity contribution >= 4 is 39.1 Å². The lowest BCUT2D eigenvalue weighted by Gasteiger charge is -2.34. The molecule has 9 heteroatoms. The molecule has 1 unspecified atom stereocenters. The Morgan fingerprint density at radius 3 is 2.13 bits per heavy atom. The summed E-state index contributed by atoms with van der Waals surface area (Å²) >= 11 is 6.45. The van der Waals surface area contributed by atoms with Crippen molar-refractivity contribution < 1.29 is 18.0 Å². The third kappa shape index (κ3) is 7.40. The van der Waals surface area contributed by atoms with Gasteiger partial charge in [0, 0.05) is 12.6 Å². The molecule has 0 saturated heterocycles. The predicted molar refractivity (Wildman–Crippen MR) is 156 cm³/mol. The molecule has 3 aromatic carbocycles. The molecule has 208 valence electrons. The van der Waals surface area contributed by atoms with Gasteiger partial charge in [0.25, 0.3) is 10.0 Å². The Kier molecular flexibility index (Phi) is 10.2. The van der Waals surface area contributed by atoms with E-state index in [1.807, 2.05) is 58.9 Å². The van der Waals surface area contributed by atoms with Gasteiger partial charge in [0.2, 0.25) is 11.8 Å². The Labute approximate surface area is 236 Å². The van der Waals surface area contributed by atoms with E-state index < -0.39 is 28.5 Å². The number of aryl methyl sites for hydroxylation is 2. The van der Waals surface area contributed by atoms with Gasteiger partial charge >= 0.3 is 0 Å². The number of nitrogens with one attached hydrogen (secondary N) is 1. The number of carbonyl (C=O) groups is 2. The molecule has 7 nitrogen and oxygen atoms in total. The Morgan fingerprint density at radius 2 is 1.54 bits per heavy atom. The summed E-state index contributed by atoms with van der Waals surface area (Å²) in [6, 6.07) is 19.6. The molecule has 39 heavy (non-hydrogen) atoms. The summed E-state index contributed by atoms with van der Waals surface area (Å²) in [5, 5.41) is 3.09. The van der Waals surface area contributed by atoms with Crippen LogP contribution in [-0.4, -0.2) is 43.8 Å². The van der Waals surface area contributed by atoms with Gasteiger partial charge in [-0.05, 0) is 69.5 Å². The molecule has 0 spiro atoms. The lowest BCUT2D eigenvalue weighted by Crippen LogP contribution is -2.53. The lowest BCUT2D eigenvalue weighted by molar-refractivity contribution is -0.140. The fourth-order valence-corrected chi connectivity index (χ4v) is 6.00. The van der Waals surface area contributed by atoms with Crippen LogP contribution in [0.5, 0.6) is 0 Å². The number of hydrogen-bond acceptors (Lipinski definition) is 4. The molecule has 0 aliphatic carbocycles. The zero-order chi connectivity index (χ0) is 28.7. The Morgan fingerprint density at radius 1 is 0.923 bits per heavy atom. The van der Waals surface area contributed by atoms with E-state index >= 15 is 0 Å². The number of amides is 2. The van der Waals surface area contributed by atoms with Crippen LogP contribution in [0.1, 0.15) is 43.9 Å². The molecule has 1 atom stereocenters. The molecule has 0 radical (unpaired) electrons. The van der Waals surface area contributed by atoms with E-state index in [1.165, 1.54) is 17.0 Å². The summed E-state index contributed by atoms with van der Waals surface area (Å²) < 4.78 is 28.8. The van der Waals surface area contributed by atoms with Crippen LogP contribution in [0.15, 0.2) is 77.7 Å². The first-order valence-electron chi connectivity index (χ1n) is 12.9. The number of rotatable bonds is 11. The first-order valence-corrected chi connectivity index (χ1v) is 14.8. The van der Waals surface area contributed by atoms with E-state index in [0.29, 0.717) is 6.42 Å². The van der Waals surface area contributed by atoms with Crippen molar-refractivity contribution in [2.24, 2.45) is 0 Å². The fraction of sp³-hybridized carbons (Fsp3) is 0.333. The number of nitrogens with zero attached hydrogens (tertiary/aromatic N) is 2. The third-order valence-corrected chi connectivity index (χ3v) is 8.52. The highest BCUT2D eigenvalue weighted by Crippen LogP contribution is 2.31. The van der Waals surface area contributed by atoms with Crippen LogP contribution in [0, 0.1) is 13.8 Å². The second-order valence-corrected chi connectivity index (χ2v) is 12.1. The quantitative estimate of drug-likeness (QED) is 0.331. The summed E-state index contributed by atoms with van der Waals surface area (Å²) in [5.41, 5.74) is 2.92. The van der Waals surface area contributed by atoms with E-state index in [4.69, 9.17) is 11.6 Å². The second-order valence-electron chi connectivity index (χ2n) is 9.81. The summed E-state index contributed by atoms with van der Waals surface area (Å²) in [6.45, 7) is 8.95. The van der Waals surface area contributed by atoms with E-state index in [1.54, 1.807) is 36.4 Å². The smallest absolute Gasteiger partial charge is 0.264 e. The second kappa shape index (κ2) is 13.1. The third-order valence-electron chi connectivity index (χ3n) is 6.43. The van der Waals surface area contributed by atoms with Gasteiger partial charge in [0.05, 0.1) is 15.6 Å². The molecular formula is C30H36ClN3O4S. The van der Waals surface area contributed by atoms with Gasteiger partial charge in [-0.15, -0.1) is 0 Å². The molecule has 3 aromatic rings. The molecule has 0 bridgehead atoms. The summed E-state index contributed by atoms with van der Waals surface area (Å²) in [4.78, 5) is 28.8. The average molecular weight is 570 g/mol. The number of anilines is 1. The SMILES string of the molecule is CCC(C(=O)NC(C)C)N(Cc1ccccc1C)C(=O)CN(c1ccccc1Cl)S(=O)(=O)c1ccc(C)cc1. The van der Waals surface area contributed by atoms with E-state index in [2.05, 4.69) is 5.32 Å². The maximum absolute atomic E-state index is 14.1. The van der Waals surface area contributed by atoms with Crippen molar-refractivity contribution in [1.82, 2.24) is 10.2 Å². The molecule has 2 amide bonds. The minimum Gasteiger partial charge on any atom is -0.352 e. The highest BCUT2D eigenvalue weighted by Gasteiger charge is 2.34. The maximum Gasteiger partial charge on any atom is 0.264 e. The fourth-order valence-electron chi connectivity index (χ4n) is 4.28. The Hall–Kier alpha value is -3.36. The molecule has 0 fully saturated rings. The molecule has 0 aliphatic heterocycles. The predicted octanol–water partition coefficient (Wildman–Crippen LogP) is 5.48. The number of para-hydroxylation sites is 1. The molecule has 0 aromatic heterocycles. The van der Waals surface area contributed by atoms with E-state index in [-0.39, 0.29) is 34.1 Å². The number of hydrogen-bond donors (Lipinski definition) is 1. The molecule has 1 N–H and O–H groups in total. The standard InChI is InChI=1S/C30H36ClN3O4S/c1-6-27(30(36)32-21(2)3)33(19-24-12-8-7-11-23(24)5)29(35)20-34(28-14-10-9-13-26(28)31)39(37,38)25-17-15-22(4)16-18-25/h7-18,21,27H,6,19-20H2,1-5H3,(H,32,36). The largest absolute Gasteiger partial charge is 0.352 e. The van der Waals surface area contributed by atoms with Crippen molar-refractivity contribution in [3.8, 4) is 0 Å². The minimum absolute atomic E-state index is 0.0378. The first kappa shape index (κ1) is 30.2. The topological polar surface area (TPSA) is 86.8 Å². The summed E-state index contributed by atoms with van der Waals surface area (Å²) in [6.07, 6.45) is 0.354. The van der Waals surface area contributed by atoms with Crippen LogP contribution in [-0.2, 0) is 26.2 Å². The first-order chi connectivity index (χ1) is 18.4. The Balaban J connectivity index is 2.09. The number of sulfonamides is 1. The van der Waals surface area contributed by atoms with E-state index in [0.717, 1.165) is 21.0 Å². The number of benzene rings is 3. The maximum atomic E-state index is 14.1. The van der Waals surface area contributed by atoms with Crippen LogP contribution in [0.25, 0.3) is 0 Å². The molecule has 0 aliphatic rings. The summed E-state index contributed by atoms with van der Waals surface area (Å²) in [5.74, 6) is -0.806. The zero-order valence-corrected chi connectivity index (χ0v) is 24.6. The number of carbonyl (C=O) groups excluding carboxylic acids is 2. The van der Waals surface area contributed by atoms with Crippen molar-refractivity contribution in [2.45, 2.75) is 64.6 Å². The monoisotopic (exact) mass is 569 g/mol. The van der Waals surface area contributed by atoms with Crippen LogP contribution < -0.4 is 9.62 Å². The molecular weight excluding hydrogens is 534 g/mol. The van der Waals surface area contributed by atoms with Gasteiger partial charge in [-0.2, -0.15) is 0 Å². The van der Waals surface area contributed by atoms with Crippen LogP contribution in [0.2, 0.25) is 5.02 Å². The molecule has 0 saturated carbocycles. The average Bonchev–Trinajstić information content (AvgIpc) is 2.88. The van der Waals surface area contributed by atoms with Gasteiger partial charge in [0.15, 0.2) is 0 Å². The van der Waals surface area contributed by atoms with Crippen LogP contribution in [0.4, 0.5) is 5.69 Å². The van der Waals surface area contributed by atoms with Gasteiger partial charge in [-0.1, -0.05) is 72.6 Å². The molecule has 3 rings (SSSR count). The van der Waals surface area contributed by atoms with Gasteiger partial charge in [-0.25, -0.2) is 8.42 Å². The van der Waals surface area contributed by atoms with Crippen molar-refractivity contribution in [3.63, 3.8) is 0 Å². The van der Waals surface area contributed by atoms with Gasteiger partial charge in [-0.3, -0.25) is 13.9 Å². The Bertz CT molecular complexity index is 1410. The highest BCUT2D eigenvalue weighted by molar-refractivity contribution is 7.92. The van der Waals surface area contributed by atoms with Crippen LogP contribution in [0.3, 0.4) is 0 Å².